The van der Waals surface area contributed by atoms with Gasteiger partial charge in [0.2, 0.25) is 0 Å². The van der Waals surface area contributed by atoms with Crippen LogP contribution in [-0.2, 0) is 0 Å². The summed E-state index contributed by atoms with van der Waals surface area (Å²) in [5.74, 6) is 0.857. The maximum absolute atomic E-state index is 9.51. The van der Waals surface area contributed by atoms with E-state index in [1.165, 1.54) is 29.5 Å². The van der Waals surface area contributed by atoms with Gasteiger partial charge in [-0.1, -0.05) is 13.3 Å². The van der Waals surface area contributed by atoms with Gasteiger partial charge in [-0.3, -0.25) is 0 Å². The highest BCUT2D eigenvalue weighted by atomic mass is 15.1. The van der Waals surface area contributed by atoms with Crippen molar-refractivity contribution in [1.29, 1.82) is 5.26 Å². The van der Waals surface area contributed by atoms with Crippen LogP contribution in [0.25, 0.3) is 11.0 Å². The zero-order valence-electron chi connectivity index (χ0n) is 13.1. The van der Waals surface area contributed by atoms with Crippen LogP contribution in [0.3, 0.4) is 0 Å². The number of aromatic nitrogens is 2. The van der Waals surface area contributed by atoms with E-state index in [1.54, 1.807) is 0 Å². The average Bonchev–Trinajstić information content (AvgIpc) is 2.89. The summed E-state index contributed by atoms with van der Waals surface area (Å²) in [6.07, 6.45) is 6.46. The molecule has 3 atom stereocenters. The second kappa shape index (κ2) is 5.52. The Labute approximate surface area is 126 Å². The van der Waals surface area contributed by atoms with Gasteiger partial charge in [0.1, 0.15) is 0 Å². The van der Waals surface area contributed by atoms with Crippen molar-refractivity contribution in [2.75, 3.05) is 0 Å². The number of nitriles is 1. The Hall–Kier alpha value is -1.82. The summed E-state index contributed by atoms with van der Waals surface area (Å²) in [4.78, 5) is 4.57. The average molecular weight is 281 g/mol. The molecular formula is C18H23N3. The van der Waals surface area contributed by atoms with Gasteiger partial charge in [0.05, 0.1) is 35.4 Å². The summed E-state index contributed by atoms with van der Waals surface area (Å²) in [5.41, 5.74) is 4.80. The largest absolute Gasteiger partial charge is 0.326 e. The van der Waals surface area contributed by atoms with Crippen molar-refractivity contribution < 1.29 is 0 Å². The van der Waals surface area contributed by atoms with Gasteiger partial charge in [-0.15, -0.1) is 0 Å². The predicted molar refractivity (Wildman–Crippen MR) is 85.0 cm³/mol. The molecule has 1 aromatic carbocycles. The molecule has 3 heteroatoms. The molecule has 0 bridgehead atoms. The zero-order valence-corrected chi connectivity index (χ0v) is 13.1. The molecule has 1 aromatic heterocycles. The number of hydrogen-bond donors (Lipinski definition) is 0. The third kappa shape index (κ3) is 2.44. The summed E-state index contributed by atoms with van der Waals surface area (Å²) < 4.78 is 2.26. The number of hydrogen-bond acceptors (Lipinski definition) is 2. The molecule has 0 aliphatic heterocycles. The van der Waals surface area contributed by atoms with Crippen LogP contribution >= 0.6 is 0 Å². The van der Waals surface area contributed by atoms with Crippen molar-refractivity contribution in [3.05, 3.63) is 29.6 Å². The Bertz CT molecular complexity index is 692. The van der Waals surface area contributed by atoms with Gasteiger partial charge in [0.15, 0.2) is 0 Å². The second-order valence-electron chi connectivity index (χ2n) is 6.47. The first-order valence-electron chi connectivity index (χ1n) is 7.97. The van der Waals surface area contributed by atoms with Crippen LogP contribution in [0, 0.1) is 37.0 Å². The van der Waals surface area contributed by atoms with Crippen molar-refractivity contribution in [2.24, 2.45) is 11.8 Å². The number of imidazole rings is 1. The Morgan fingerprint density at radius 3 is 2.76 bits per heavy atom. The Morgan fingerprint density at radius 1 is 1.29 bits per heavy atom. The van der Waals surface area contributed by atoms with Crippen LogP contribution in [0.15, 0.2) is 18.5 Å². The third-order valence-corrected chi connectivity index (χ3v) is 5.22. The van der Waals surface area contributed by atoms with Crippen LogP contribution < -0.4 is 0 Å². The SMILES string of the molecule is CCC1CCC(C#N)C(n2cnc3cc(C)c(C)cc32)C1. The van der Waals surface area contributed by atoms with Gasteiger partial charge in [0, 0.05) is 0 Å². The molecule has 1 aliphatic rings. The summed E-state index contributed by atoms with van der Waals surface area (Å²) >= 11 is 0. The number of nitrogens with zero attached hydrogens (tertiary/aromatic N) is 3. The standard InChI is InChI=1S/C18H23N3/c1-4-14-5-6-15(10-19)17(9-14)21-11-20-16-7-12(2)13(3)8-18(16)21/h7-8,11,14-15,17H,4-6,9H2,1-3H3. The first kappa shape index (κ1) is 14.1. The fraction of sp³-hybridized carbons (Fsp3) is 0.556. The van der Waals surface area contributed by atoms with Crippen molar-refractivity contribution >= 4 is 11.0 Å². The molecule has 0 N–H and O–H groups in total. The Balaban J connectivity index is 2.05. The van der Waals surface area contributed by atoms with Gasteiger partial charge in [0.25, 0.3) is 0 Å². The molecule has 1 aliphatic carbocycles. The third-order valence-electron chi connectivity index (χ3n) is 5.22. The molecule has 3 unspecified atom stereocenters. The molecule has 1 fully saturated rings. The van der Waals surface area contributed by atoms with Crippen molar-refractivity contribution in [2.45, 2.75) is 52.5 Å². The number of aryl methyl sites for hydroxylation is 2. The van der Waals surface area contributed by atoms with E-state index < -0.39 is 0 Å². The van der Waals surface area contributed by atoms with E-state index in [-0.39, 0.29) is 12.0 Å². The normalized spacial score (nSPS) is 25.9. The van der Waals surface area contributed by atoms with Crippen molar-refractivity contribution in [3.63, 3.8) is 0 Å². The predicted octanol–water partition coefficient (Wildman–Crippen LogP) is 4.54. The zero-order chi connectivity index (χ0) is 15.0. The van der Waals surface area contributed by atoms with E-state index in [2.05, 4.69) is 48.5 Å². The smallest absolute Gasteiger partial charge is 0.0961 e. The van der Waals surface area contributed by atoms with Gasteiger partial charge in [-0.2, -0.15) is 5.26 Å². The lowest BCUT2D eigenvalue weighted by Gasteiger charge is -2.33. The number of fused-ring (bicyclic) bond motifs is 1. The van der Waals surface area contributed by atoms with E-state index >= 15 is 0 Å². The molecular weight excluding hydrogens is 258 g/mol. The van der Waals surface area contributed by atoms with Crippen molar-refractivity contribution in [1.82, 2.24) is 9.55 Å². The van der Waals surface area contributed by atoms with Crippen LogP contribution in [0.4, 0.5) is 0 Å². The molecule has 110 valence electrons. The fourth-order valence-electron chi connectivity index (χ4n) is 3.61. The van der Waals surface area contributed by atoms with E-state index in [1.807, 2.05) is 6.33 Å². The minimum Gasteiger partial charge on any atom is -0.326 e. The maximum Gasteiger partial charge on any atom is 0.0961 e. The Morgan fingerprint density at radius 2 is 2.05 bits per heavy atom. The second-order valence-corrected chi connectivity index (χ2v) is 6.47. The van der Waals surface area contributed by atoms with Crippen molar-refractivity contribution in [3.8, 4) is 6.07 Å². The Kier molecular flexibility index (Phi) is 3.71. The lowest BCUT2D eigenvalue weighted by Crippen LogP contribution is -2.26. The molecule has 21 heavy (non-hydrogen) atoms. The highest BCUT2D eigenvalue weighted by Gasteiger charge is 2.31. The van der Waals surface area contributed by atoms with Gasteiger partial charge < -0.3 is 4.57 Å². The maximum atomic E-state index is 9.51. The van der Waals surface area contributed by atoms with Gasteiger partial charge in [-0.25, -0.2) is 4.98 Å². The highest BCUT2D eigenvalue weighted by molar-refractivity contribution is 5.77. The molecule has 1 saturated carbocycles. The first-order chi connectivity index (χ1) is 10.1. The highest BCUT2D eigenvalue weighted by Crippen LogP contribution is 2.39. The minimum atomic E-state index is 0.117. The molecule has 0 saturated heterocycles. The topological polar surface area (TPSA) is 41.6 Å². The molecule has 0 spiro atoms. The molecule has 0 radical (unpaired) electrons. The molecule has 1 heterocycles. The summed E-state index contributed by atoms with van der Waals surface area (Å²) in [6.45, 7) is 6.52. The molecule has 3 rings (SSSR count). The van der Waals surface area contributed by atoms with Crippen LogP contribution in [0.1, 0.15) is 49.8 Å². The molecule has 2 aromatic rings. The van der Waals surface area contributed by atoms with E-state index in [4.69, 9.17) is 0 Å². The summed E-state index contributed by atoms with van der Waals surface area (Å²) in [7, 11) is 0. The monoisotopic (exact) mass is 281 g/mol. The fourth-order valence-corrected chi connectivity index (χ4v) is 3.61. The van der Waals surface area contributed by atoms with Gasteiger partial charge >= 0.3 is 0 Å². The van der Waals surface area contributed by atoms with Gasteiger partial charge in [-0.05, 0) is 62.3 Å². The van der Waals surface area contributed by atoms with Crippen LogP contribution in [-0.4, -0.2) is 9.55 Å². The number of rotatable bonds is 2. The minimum absolute atomic E-state index is 0.117. The lowest BCUT2D eigenvalue weighted by atomic mass is 9.77. The van der Waals surface area contributed by atoms with Crippen LogP contribution in [0.2, 0.25) is 0 Å². The van der Waals surface area contributed by atoms with E-state index in [9.17, 15) is 5.26 Å². The summed E-state index contributed by atoms with van der Waals surface area (Å²) in [5, 5.41) is 9.51. The molecule has 0 amide bonds. The van der Waals surface area contributed by atoms with E-state index in [0.29, 0.717) is 0 Å². The lowest BCUT2D eigenvalue weighted by molar-refractivity contribution is 0.220. The van der Waals surface area contributed by atoms with Crippen LogP contribution in [0.5, 0.6) is 0 Å². The van der Waals surface area contributed by atoms with E-state index in [0.717, 1.165) is 24.3 Å². The first-order valence-corrected chi connectivity index (χ1v) is 7.97. The molecule has 3 nitrogen and oxygen atoms in total. The quantitative estimate of drug-likeness (QED) is 0.810. The summed E-state index contributed by atoms with van der Waals surface area (Å²) in [6, 6.07) is 7.19. The number of benzene rings is 1.